The van der Waals surface area contributed by atoms with Crippen LogP contribution in [0.25, 0.3) is 0 Å². The van der Waals surface area contributed by atoms with Crippen LogP contribution in [0.3, 0.4) is 0 Å². The van der Waals surface area contributed by atoms with Crippen LogP contribution in [0.1, 0.15) is 25.8 Å². The summed E-state index contributed by atoms with van der Waals surface area (Å²) in [5.41, 5.74) is 1.68. The lowest BCUT2D eigenvalue weighted by Crippen LogP contribution is -2.35. The highest BCUT2D eigenvalue weighted by molar-refractivity contribution is 6.31. The molecular weight excluding hydrogens is 276 g/mol. The number of carbonyl (C=O) groups excluding carboxylic acids is 1. The molecule has 0 aliphatic carbocycles. The van der Waals surface area contributed by atoms with E-state index in [0.717, 1.165) is 11.3 Å². The monoisotopic (exact) mass is 298 g/mol. The van der Waals surface area contributed by atoms with Crippen LogP contribution in [0.4, 0.5) is 5.69 Å². The average Bonchev–Trinajstić information content (AvgIpc) is 2.33. The minimum Gasteiger partial charge on any atom is -0.396 e. The van der Waals surface area contributed by atoms with Gasteiger partial charge in [0, 0.05) is 23.9 Å². The van der Waals surface area contributed by atoms with Crippen molar-refractivity contribution in [1.82, 2.24) is 5.32 Å². The molecule has 1 aromatic rings. The molecule has 0 aromatic heterocycles. The van der Waals surface area contributed by atoms with E-state index in [1.807, 2.05) is 13.0 Å². The number of aryl methyl sites for hydroxylation is 1. The molecule has 0 unspecified atom stereocenters. The van der Waals surface area contributed by atoms with Crippen molar-refractivity contribution in [2.75, 3.05) is 25.0 Å². The first-order valence-corrected chi connectivity index (χ1v) is 7.09. The summed E-state index contributed by atoms with van der Waals surface area (Å²) < 4.78 is 0. The first kappa shape index (κ1) is 17.0. The number of rotatable bonds is 7. The van der Waals surface area contributed by atoms with Gasteiger partial charge < -0.3 is 15.7 Å². The topological polar surface area (TPSA) is 61.4 Å². The molecule has 1 amide bonds. The molecule has 112 valence electrons. The van der Waals surface area contributed by atoms with E-state index < -0.39 is 0 Å². The van der Waals surface area contributed by atoms with E-state index >= 15 is 0 Å². The van der Waals surface area contributed by atoms with Gasteiger partial charge in [-0.1, -0.05) is 31.5 Å². The second-order valence-corrected chi connectivity index (χ2v) is 6.19. The van der Waals surface area contributed by atoms with Crippen LogP contribution in [0, 0.1) is 12.3 Å². The molecule has 4 nitrogen and oxygen atoms in total. The molecular formula is C15H23ClN2O2. The van der Waals surface area contributed by atoms with Crippen molar-refractivity contribution in [3.63, 3.8) is 0 Å². The van der Waals surface area contributed by atoms with Crippen molar-refractivity contribution in [2.24, 2.45) is 5.41 Å². The van der Waals surface area contributed by atoms with Gasteiger partial charge in [0.1, 0.15) is 0 Å². The number of hydrogen-bond donors (Lipinski definition) is 3. The van der Waals surface area contributed by atoms with Crippen molar-refractivity contribution < 1.29 is 9.90 Å². The van der Waals surface area contributed by atoms with Crippen LogP contribution < -0.4 is 10.6 Å². The number of carbonyl (C=O) groups is 1. The van der Waals surface area contributed by atoms with E-state index in [1.165, 1.54) is 0 Å². The number of amides is 1. The predicted molar refractivity (Wildman–Crippen MR) is 83.2 cm³/mol. The van der Waals surface area contributed by atoms with E-state index in [4.69, 9.17) is 16.7 Å². The summed E-state index contributed by atoms with van der Waals surface area (Å²) in [7, 11) is 0. The average molecular weight is 299 g/mol. The van der Waals surface area contributed by atoms with Gasteiger partial charge in [-0.25, -0.2) is 0 Å². The quantitative estimate of drug-likeness (QED) is 0.725. The lowest BCUT2D eigenvalue weighted by molar-refractivity contribution is -0.115. The molecule has 0 bridgehead atoms. The number of anilines is 1. The highest BCUT2D eigenvalue weighted by Gasteiger charge is 2.17. The van der Waals surface area contributed by atoms with Gasteiger partial charge in [0.05, 0.1) is 6.54 Å². The van der Waals surface area contributed by atoms with E-state index in [-0.39, 0.29) is 24.5 Å². The second kappa shape index (κ2) is 7.62. The number of nitrogens with one attached hydrogen (secondary N) is 2. The number of aliphatic hydroxyl groups excluding tert-OH is 1. The summed E-state index contributed by atoms with van der Waals surface area (Å²) in [6.07, 6.45) is 0.703. The summed E-state index contributed by atoms with van der Waals surface area (Å²) in [5, 5.41) is 15.5. The molecule has 0 saturated heterocycles. The van der Waals surface area contributed by atoms with Crippen molar-refractivity contribution in [3.8, 4) is 0 Å². The standard InChI is InChI=1S/C15H23ClN2O2/c1-11-4-5-12(16)8-13(11)18-14(20)9-17-10-15(2,3)6-7-19/h4-5,8,17,19H,6-7,9-10H2,1-3H3,(H,18,20). The van der Waals surface area contributed by atoms with Crippen LogP contribution in [-0.4, -0.2) is 30.7 Å². The molecule has 0 fully saturated rings. The lowest BCUT2D eigenvalue weighted by atomic mass is 9.90. The highest BCUT2D eigenvalue weighted by atomic mass is 35.5. The van der Waals surface area contributed by atoms with Gasteiger partial charge in [-0.15, -0.1) is 0 Å². The van der Waals surface area contributed by atoms with Gasteiger partial charge >= 0.3 is 0 Å². The van der Waals surface area contributed by atoms with Crippen molar-refractivity contribution >= 4 is 23.2 Å². The third-order valence-corrected chi connectivity index (χ3v) is 3.39. The largest absolute Gasteiger partial charge is 0.396 e. The number of halogens is 1. The summed E-state index contributed by atoms with van der Waals surface area (Å²) in [6, 6.07) is 5.41. The van der Waals surface area contributed by atoms with E-state index in [1.54, 1.807) is 12.1 Å². The SMILES string of the molecule is Cc1ccc(Cl)cc1NC(=O)CNCC(C)(C)CCO. The van der Waals surface area contributed by atoms with E-state index in [9.17, 15) is 4.79 Å². The minimum absolute atomic E-state index is 0.0268. The van der Waals surface area contributed by atoms with Gasteiger partial charge in [0.2, 0.25) is 5.91 Å². The summed E-state index contributed by atoms with van der Waals surface area (Å²) >= 11 is 5.91. The maximum atomic E-state index is 11.9. The molecule has 3 N–H and O–H groups in total. The maximum absolute atomic E-state index is 11.9. The fraction of sp³-hybridized carbons (Fsp3) is 0.533. The molecule has 0 atom stereocenters. The molecule has 5 heteroatoms. The zero-order valence-corrected chi connectivity index (χ0v) is 13.0. The van der Waals surface area contributed by atoms with Crippen molar-refractivity contribution in [1.29, 1.82) is 0 Å². The summed E-state index contributed by atoms with van der Waals surface area (Å²) in [4.78, 5) is 11.9. The van der Waals surface area contributed by atoms with Gasteiger partial charge in [0.15, 0.2) is 0 Å². The Morgan fingerprint density at radius 3 is 2.75 bits per heavy atom. The Morgan fingerprint density at radius 1 is 1.40 bits per heavy atom. The molecule has 0 radical (unpaired) electrons. The van der Waals surface area contributed by atoms with E-state index in [2.05, 4.69) is 24.5 Å². The number of benzene rings is 1. The highest BCUT2D eigenvalue weighted by Crippen LogP contribution is 2.20. The Labute approximate surface area is 125 Å². The third-order valence-electron chi connectivity index (χ3n) is 3.15. The smallest absolute Gasteiger partial charge is 0.238 e. The van der Waals surface area contributed by atoms with E-state index in [0.29, 0.717) is 18.0 Å². The molecule has 1 rings (SSSR count). The van der Waals surface area contributed by atoms with Crippen LogP contribution in [-0.2, 0) is 4.79 Å². The van der Waals surface area contributed by atoms with Gasteiger partial charge in [0.25, 0.3) is 0 Å². The molecule has 0 heterocycles. The Bertz CT molecular complexity index is 461. The van der Waals surface area contributed by atoms with Crippen molar-refractivity contribution in [3.05, 3.63) is 28.8 Å². The predicted octanol–water partition coefficient (Wildman–Crippen LogP) is 2.59. The summed E-state index contributed by atoms with van der Waals surface area (Å²) in [6.45, 7) is 7.09. The number of hydrogen-bond acceptors (Lipinski definition) is 3. The fourth-order valence-electron chi connectivity index (χ4n) is 1.83. The normalized spacial score (nSPS) is 11.4. The first-order valence-electron chi connectivity index (χ1n) is 6.72. The van der Waals surface area contributed by atoms with Crippen molar-refractivity contribution in [2.45, 2.75) is 27.2 Å². The second-order valence-electron chi connectivity index (χ2n) is 5.75. The molecule has 20 heavy (non-hydrogen) atoms. The molecule has 0 spiro atoms. The van der Waals surface area contributed by atoms with Crippen LogP contribution in [0.2, 0.25) is 5.02 Å². The molecule has 0 saturated carbocycles. The zero-order chi connectivity index (χ0) is 15.2. The third kappa shape index (κ3) is 5.90. The summed E-state index contributed by atoms with van der Waals surface area (Å²) in [5.74, 6) is -0.102. The van der Waals surface area contributed by atoms with Crippen LogP contribution >= 0.6 is 11.6 Å². The minimum atomic E-state index is -0.102. The maximum Gasteiger partial charge on any atom is 0.238 e. The Morgan fingerprint density at radius 2 is 2.10 bits per heavy atom. The molecule has 1 aromatic carbocycles. The molecule has 0 aliphatic rings. The Kier molecular flexibility index (Phi) is 6.46. The van der Waals surface area contributed by atoms with Gasteiger partial charge in [-0.2, -0.15) is 0 Å². The Hall–Kier alpha value is -1.10. The fourth-order valence-corrected chi connectivity index (χ4v) is 2.00. The van der Waals surface area contributed by atoms with Crippen LogP contribution in [0.15, 0.2) is 18.2 Å². The zero-order valence-electron chi connectivity index (χ0n) is 12.3. The lowest BCUT2D eigenvalue weighted by Gasteiger charge is -2.23. The first-order chi connectivity index (χ1) is 9.34. The van der Waals surface area contributed by atoms with Crippen LogP contribution in [0.5, 0.6) is 0 Å². The number of aliphatic hydroxyl groups is 1. The van der Waals surface area contributed by atoms with Gasteiger partial charge in [-0.05, 0) is 36.5 Å². The molecule has 0 aliphatic heterocycles. The Balaban J connectivity index is 2.43. The van der Waals surface area contributed by atoms with Gasteiger partial charge in [-0.3, -0.25) is 4.79 Å².